The molecular weight excluding hydrogens is 180 g/mol. The number of hydrogen-bond donors (Lipinski definition) is 6. The van der Waals surface area contributed by atoms with Gasteiger partial charge in [0.05, 0.1) is 0 Å². The maximum atomic E-state index is 5.13. The minimum absolute atomic E-state index is 0.864. The highest BCUT2D eigenvalue weighted by atomic mass is 15.2. The van der Waals surface area contributed by atoms with Crippen LogP contribution in [-0.4, -0.2) is 39.3 Å². The molecule has 0 fully saturated rings. The predicted octanol–water partition coefficient (Wildman–Crippen LogP) is -2.13. The van der Waals surface area contributed by atoms with Gasteiger partial charge in [0.2, 0.25) is 0 Å². The van der Waals surface area contributed by atoms with Crippen LogP contribution in [0.15, 0.2) is 0 Å². The highest BCUT2D eigenvalue weighted by Crippen LogP contribution is 1.72. The van der Waals surface area contributed by atoms with Crippen molar-refractivity contribution in [1.29, 1.82) is 0 Å². The van der Waals surface area contributed by atoms with Gasteiger partial charge in [0.25, 0.3) is 0 Å². The molecule has 0 heterocycles. The summed E-state index contributed by atoms with van der Waals surface area (Å²) >= 11 is 0. The van der Waals surface area contributed by atoms with Crippen LogP contribution in [0.1, 0.15) is 12.8 Å². The van der Waals surface area contributed by atoms with E-state index in [-0.39, 0.29) is 0 Å². The van der Waals surface area contributed by atoms with Crippen molar-refractivity contribution < 1.29 is 0 Å². The fraction of sp³-hybridized carbons (Fsp3) is 1.00. The number of rotatable bonds is 11. The lowest BCUT2D eigenvalue weighted by molar-refractivity contribution is 0.563. The Labute approximate surface area is 86.1 Å². The minimum atomic E-state index is 0.864. The van der Waals surface area contributed by atoms with Gasteiger partial charge < -0.3 is 10.6 Å². The SMILES string of the molecule is NNCCCNCCNCCCNN. The van der Waals surface area contributed by atoms with E-state index >= 15 is 0 Å². The Morgan fingerprint density at radius 1 is 0.571 bits per heavy atom. The van der Waals surface area contributed by atoms with Gasteiger partial charge in [0.1, 0.15) is 0 Å². The van der Waals surface area contributed by atoms with Crippen LogP contribution in [0.4, 0.5) is 0 Å². The fourth-order valence-electron chi connectivity index (χ4n) is 1.06. The first kappa shape index (κ1) is 13.8. The van der Waals surface area contributed by atoms with Gasteiger partial charge in [0, 0.05) is 26.2 Å². The quantitative estimate of drug-likeness (QED) is 0.131. The van der Waals surface area contributed by atoms with Gasteiger partial charge in [-0.25, -0.2) is 0 Å². The van der Waals surface area contributed by atoms with Crippen LogP contribution in [0.5, 0.6) is 0 Å². The lowest BCUT2D eigenvalue weighted by Crippen LogP contribution is -2.32. The summed E-state index contributed by atoms with van der Waals surface area (Å²) in [4.78, 5) is 0. The topological polar surface area (TPSA) is 100 Å². The number of nitrogens with two attached hydrogens (primary N) is 2. The van der Waals surface area contributed by atoms with Crippen LogP contribution in [0, 0.1) is 0 Å². The summed E-state index contributed by atoms with van der Waals surface area (Å²) in [5, 5.41) is 6.63. The third-order valence-electron chi connectivity index (χ3n) is 1.83. The van der Waals surface area contributed by atoms with Crippen molar-refractivity contribution in [2.75, 3.05) is 39.3 Å². The maximum Gasteiger partial charge on any atom is 0.0109 e. The standard InChI is InChI=1S/C8H24N6/c9-13-5-1-3-11-7-8-12-4-2-6-14-10/h11-14H,1-10H2. The van der Waals surface area contributed by atoms with Crippen molar-refractivity contribution in [2.45, 2.75) is 12.8 Å². The van der Waals surface area contributed by atoms with E-state index < -0.39 is 0 Å². The molecule has 0 aliphatic heterocycles. The zero-order valence-corrected chi connectivity index (χ0v) is 8.81. The molecule has 0 amide bonds. The van der Waals surface area contributed by atoms with Gasteiger partial charge in [-0.05, 0) is 25.9 Å². The van der Waals surface area contributed by atoms with Gasteiger partial charge in [-0.1, -0.05) is 0 Å². The second-order valence-corrected chi connectivity index (χ2v) is 3.12. The summed E-state index contributed by atoms with van der Waals surface area (Å²) < 4.78 is 0. The molecule has 0 aromatic carbocycles. The molecule has 0 rings (SSSR count). The summed E-state index contributed by atoms with van der Waals surface area (Å²) in [5.74, 6) is 10.3. The average molecular weight is 204 g/mol. The van der Waals surface area contributed by atoms with Gasteiger partial charge >= 0.3 is 0 Å². The maximum absolute atomic E-state index is 5.13. The Bertz CT molecular complexity index is 87.8. The summed E-state index contributed by atoms with van der Waals surface area (Å²) in [6, 6.07) is 0. The minimum Gasteiger partial charge on any atom is -0.315 e. The molecule has 6 heteroatoms. The van der Waals surface area contributed by atoms with Crippen LogP contribution in [-0.2, 0) is 0 Å². The molecule has 0 unspecified atom stereocenters. The Balaban J connectivity index is 2.78. The fourth-order valence-corrected chi connectivity index (χ4v) is 1.06. The summed E-state index contributed by atoms with van der Waals surface area (Å²) in [6.45, 7) is 5.75. The zero-order chi connectivity index (χ0) is 10.5. The van der Waals surface area contributed by atoms with E-state index in [1.54, 1.807) is 0 Å². The second kappa shape index (κ2) is 12.8. The zero-order valence-electron chi connectivity index (χ0n) is 8.81. The molecule has 8 N–H and O–H groups in total. The highest BCUT2D eigenvalue weighted by Gasteiger charge is 1.88. The van der Waals surface area contributed by atoms with Crippen LogP contribution in [0.2, 0.25) is 0 Å². The van der Waals surface area contributed by atoms with E-state index in [1.807, 2.05) is 0 Å². The monoisotopic (exact) mass is 204 g/mol. The van der Waals surface area contributed by atoms with Crippen molar-refractivity contribution in [3.05, 3.63) is 0 Å². The van der Waals surface area contributed by atoms with Crippen molar-refractivity contribution in [3.8, 4) is 0 Å². The Hall–Kier alpha value is -0.240. The van der Waals surface area contributed by atoms with Crippen LogP contribution in [0.3, 0.4) is 0 Å². The molecule has 14 heavy (non-hydrogen) atoms. The molecule has 0 aliphatic carbocycles. The summed E-state index contributed by atoms with van der Waals surface area (Å²) in [6.07, 6.45) is 2.13. The average Bonchev–Trinajstić information content (AvgIpc) is 2.21. The lowest BCUT2D eigenvalue weighted by atomic mass is 10.4. The molecule has 0 aliphatic rings. The van der Waals surface area contributed by atoms with Crippen molar-refractivity contribution in [2.24, 2.45) is 11.7 Å². The smallest absolute Gasteiger partial charge is 0.0109 e. The van der Waals surface area contributed by atoms with Crippen molar-refractivity contribution in [3.63, 3.8) is 0 Å². The molecule has 0 radical (unpaired) electrons. The number of hydrogen-bond acceptors (Lipinski definition) is 6. The summed E-state index contributed by atoms with van der Waals surface area (Å²) in [7, 11) is 0. The summed E-state index contributed by atoms with van der Waals surface area (Å²) in [5.41, 5.74) is 5.24. The van der Waals surface area contributed by atoms with E-state index in [1.165, 1.54) is 0 Å². The van der Waals surface area contributed by atoms with Crippen molar-refractivity contribution >= 4 is 0 Å². The van der Waals surface area contributed by atoms with E-state index in [0.29, 0.717) is 0 Å². The Morgan fingerprint density at radius 2 is 1.00 bits per heavy atom. The lowest BCUT2D eigenvalue weighted by Gasteiger charge is -2.06. The predicted molar refractivity (Wildman–Crippen MR) is 59.4 cm³/mol. The Kier molecular flexibility index (Phi) is 12.5. The second-order valence-electron chi connectivity index (χ2n) is 3.12. The molecule has 0 aromatic heterocycles. The van der Waals surface area contributed by atoms with Crippen molar-refractivity contribution in [1.82, 2.24) is 21.5 Å². The third-order valence-corrected chi connectivity index (χ3v) is 1.83. The van der Waals surface area contributed by atoms with Gasteiger partial charge in [-0.2, -0.15) is 0 Å². The van der Waals surface area contributed by atoms with E-state index in [9.17, 15) is 0 Å². The van der Waals surface area contributed by atoms with E-state index in [4.69, 9.17) is 11.7 Å². The van der Waals surface area contributed by atoms with Gasteiger partial charge in [-0.3, -0.25) is 22.5 Å². The van der Waals surface area contributed by atoms with Gasteiger partial charge in [-0.15, -0.1) is 0 Å². The number of hydrazine groups is 2. The molecule has 0 spiro atoms. The molecule has 0 saturated heterocycles. The van der Waals surface area contributed by atoms with E-state index in [2.05, 4.69) is 21.5 Å². The van der Waals surface area contributed by atoms with Crippen LogP contribution >= 0.6 is 0 Å². The molecule has 6 nitrogen and oxygen atoms in total. The first-order valence-corrected chi connectivity index (χ1v) is 5.20. The van der Waals surface area contributed by atoms with Crippen LogP contribution in [0.25, 0.3) is 0 Å². The van der Waals surface area contributed by atoms with E-state index in [0.717, 1.165) is 52.1 Å². The molecule has 0 bridgehead atoms. The first-order valence-electron chi connectivity index (χ1n) is 5.20. The molecule has 0 atom stereocenters. The molecule has 0 saturated carbocycles. The normalized spacial score (nSPS) is 10.7. The Morgan fingerprint density at radius 3 is 1.36 bits per heavy atom. The third kappa shape index (κ3) is 11.8. The highest BCUT2D eigenvalue weighted by molar-refractivity contribution is 4.53. The molecule has 86 valence electrons. The largest absolute Gasteiger partial charge is 0.315 e. The van der Waals surface area contributed by atoms with Gasteiger partial charge in [0.15, 0.2) is 0 Å². The first-order chi connectivity index (χ1) is 6.91. The van der Waals surface area contributed by atoms with Crippen LogP contribution < -0.4 is 33.2 Å². The molecular formula is C8H24N6. The molecule has 0 aromatic rings. The number of nitrogens with one attached hydrogen (secondary N) is 4.